The summed E-state index contributed by atoms with van der Waals surface area (Å²) in [6.45, 7) is 10.5. The van der Waals surface area contributed by atoms with Crippen LogP contribution in [-0.4, -0.2) is 52.8 Å². The minimum Gasteiger partial charge on any atom is -0.354 e. The number of hydrogen-bond donors (Lipinski definition) is 0. The summed E-state index contributed by atoms with van der Waals surface area (Å²) in [5.74, 6) is 1.75. The molecule has 1 aromatic carbocycles. The predicted molar refractivity (Wildman–Crippen MR) is 119 cm³/mol. The van der Waals surface area contributed by atoms with Crippen molar-refractivity contribution >= 4 is 23.3 Å². The second kappa shape index (κ2) is 9.29. The molecule has 1 fully saturated rings. The first-order valence-corrected chi connectivity index (χ1v) is 10.9. The smallest absolute Gasteiger partial charge is 0.229 e. The summed E-state index contributed by atoms with van der Waals surface area (Å²) < 4.78 is 13.7. The van der Waals surface area contributed by atoms with Crippen molar-refractivity contribution < 1.29 is 9.18 Å². The number of aryl methyl sites for hydroxylation is 2. The molecule has 1 saturated heterocycles. The summed E-state index contributed by atoms with van der Waals surface area (Å²) in [6.07, 6.45) is 1.42. The molecule has 3 rings (SSSR count). The van der Waals surface area contributed by atoms with Crippen LogP contribution in [0.5, 0.6) is 0 Å². The van der Waals surface area contributed by atoms with Crippen LogP contribution in [0.4, 0.5) is 10.2 Å². The van der Waals surface area contributed by atoms with Crippen LogP contribution in [-0.2, 0) is 11.2 Å². The second-order valence-electron chi connectivity index (χ2n) is 8.62. The SMILES string of the molecule is Cc1nc(C)c(Cc2cccc(F)c2)c(N2CCCN(C(=O)C(C)(C)CCl)CC2)n1. The van der Waals surface area contributed by atoms with E-state index in [2.05, 4.69) is 9.88 Å². The first kappa shape index (κ1) is 22.5. The van der Waals surface area contributed by atoms with Gasteiger partial charge in [-0.2, -0.15) is 0 Å². The Hall–Kier alpha value is -2.21. The minimum atomic E-state index is -0.568. The van der Waals surface area contributed by atoms with Gasteiger partial charge in [0, 0.05) is 49.7 Å². The average molecular weight is 433 g/mol. The van der Waals surface area contributed by atoms with Crippen LogP contribution >= 0.6 is 11.6 Å². The monoisotopic (exact) mass is 432 g/mol. The number of rotatable bonds is 5. The molecule has 0 N–H and O–H groups in total. The zero-order chi connectivity index (χ0) is 21.9. The van der Waals surface area contributed by atoms with E-state index in [1.807, 2.05) is 38.7 Å². The Kier molecular flexibility index (Phi) is 6.96. The highest BCUT2D eigenvalue weighted by Crippen LogP contribution is 2.27. The first-order chi connectivity index (χ1) is 14.2. The zero-order valence-electron chi connectivity index (χ0n) is 18.2. The van der Waals surface area contributed by atoms with E-state index >= 15 is 0 Å². The lowest BCUT2D eigenvalue weighted by Gasteiger charge is -2.30. The van der Waals surface area contributed by atoms with E-state index in [0.29, 0.717) is 37.8 Å². The molecule has 0 spiro atoms. The van der Waals surface area contributed by atoms with Gasteiger partial charge in [0.1, 0.15) is 17.5 Å². The number of carbonyl (C=O) groups excluding carboxylic acids is 1. The first-order valence-electron chi connectivity index (χ1n) is 10.4. The van der Waals surface area contributed by atoms with E-state index in [0.717, 1.165) is 35.6 Å². The van der Waals surface area contributed by atoms with Gasteiger partial charge in [-0.05, 0) is 51.8 Å². The van der Waals surface area contributed by atoms with Gasteiger partial charge in [-0.25, -0.2) is 14.4 Å². The molecule has 0 saturated carbocycles. The highest BCUT2D eigenvalue weighted by Gasteiger charge is 2.32. The lowest BCUT2D eigenvalue weighted by molar-refractivity contribution is -0.139. The third kappa shape index (κ3) is 5.09. The Labute approximate surface area is 183 Å². The molecule has 1 aliphatic heterocycles. The summed E-state index contributed by atoms with van der Waals surface area (Å²) in [6, 6.07) is 6.65. The van der Waals surface area contributed by atoms with Crippen molar-refractivity contribution in [2.75, 3.05) is 37.0 Å². The predicted octanol–water partition coefficient (Wildman–Crippen LogP) is 4.13. The van der Waals surface area contributed by atoms with Gasteiger partial charge in [-0.1, -0.05) is 12.1 Å². The summed E-state index contributed by atoms with van der Waals surface area (Å²) in [5, 5.41) is 0. The van der Waals surface area contributed by atoms with Crippen molar-refractivity contribution in [1.82, 2.24) is 14.9 Å². The maximum atomic E-state index is 13.7. The Morgan fingerprint density at radius 3 is 2.63 bits per heavy atom. The fourth-order valence-electron chi connectivity index (χ4n) is 3.85. The molecule has 0 aliphatic carbocycles. The summed E-state index contributed by atoms with van der Waals surface area (Å²) >= 11 is 6.01. The molecular formula is C23H30ClFN4O. The Morgan fingerprint density at radius 2 is 1.93 bits per heavy atom. The van der Waals surface area contributed by atoms with Crippen molar-refractivity contribution in [1.29, 1.82) is 0 Å². The average Bonchev–Trinajstić information content (AvgIpc) is 2.95. The van der Waals surface area contributed by atoms with Crippen LogP contribution in [0.1, 0.15) is 42.9 Å². The minimum absolute atomic E-state index is 0.0920. The lowest BCUT2D eigenvalue weighted by Crippen LogP contribution is -2.43. The molecule has 0 atom stereocenters. The van der Waals surface area contributed by atoms with Crippen LogP contribution in [0.25, 0.3) is 0 Å². The Balaban J connectivity index is 1.85. The van der Waals surface area contributed by atoms with Gasteiger partial charge in [0.05, 0.1) is 5.41 Å². The van der Waals surface area contributed by atoms with Crippen molar-refractivity contribution in [3.8, 4) is 0 Å². The van der Waals surface area contributed by atoms with E-state index in [1.54, 1.807) is 12.1 Å². The van der Waals surface area contributed by atoms with Gasteiger partial charge < -0.3 is 9.80 Å². The summed E-state index contributed by atoms with van der Waals surface area (Å²) in [4.78, 5) is 26.3. The standard InChI is InChI=1S/C23H30ClFN4O/c1-16-20(14-18-7-5-8-19(25)13-18)21(27-17(2)26-16)28-9-6-10-29(12-11-28)22(30)23(3,4)15-24/h5,7-8,13H,6,9-12,14-15H2,1-4H3. The van der Waals surface area contributed by atoms with Gasteiger partial charge in [-0.3, -0.25) is 4.79 Å². The third-order valence-electron chi connectivity index (χ3n) is 5.57. The highest BCUT2D eigenvalue weighted by atomic mass is 35.5. The molecule has 1 aromatic heterocycles. The van der Waals surface area contributed by atoms with Crippen LogP contribution < -0.4 is 4.90 Å². The highest BCUT2D eigenvalue weighted by molar-refractivity contribution is 6.19. The number of aromatic nitrogens is 2. The van der Waals surface area contributed by atoms with E-state index in [-0.39, 0.29) is 11.7 Å². The number of anilines is 1. The van der Waals surface area contributed by atoms with E-state index in [4.69, 9.17) is 16.6 Å². The Morgan fingerprint density at radius 1 is 1.17 bits per heavy atom. The number of hydrogen-bond acceptors (Lipinski definition) is 4. The molecule has 162 valence electrons. The summed E-state index contributed by atoms with van der Waals surface area (Å²) in [5.41, 5.74) is 2.23. The quantitative estimate of drug-likeness (QED) is 0.666. The number of alkyl halides is 1. The van der Waals surface area contributed by atoms with E-state index < -0.39 is 5.41 Å². The molecular weight excluding hydrogens is 403 g/mol. The maximum absolute atomic E-state index is 13.7. The number of amides is 1. The number of carbonyl (C=O) groups is 1. The lowest BCUT2D eigenvalue weighted by atomic mass is 9.94. The maximum Gasteiger partial charge on any atom is 0.229 e. The largest absolute Gasteiger partial charge is 0.354 e. The molecule has 0 unspecified atom stereocenters. The van der Waals surface area contributed by atoms with Crippen LogP contribution in [0.2, 0.25) is 0 Å². The number of benzene rings is 1. The van der Waals surface area contributed by atoms with Crippen LogP contribution in [0.15, 0.2) is 24.3 Å². The molecule has 0 radical (unpaired) electrons. The third-order valence-corrected chi connectivity index (χ3v) is 6.24. The number of halogens is 2. The van der Waals surface area contributed by atoms with Crippen LogP contribution in [0.3, 0.4) is 0 Å². The second-order valence-corrected chi connectivity index (χ2v) is 8.88. The topological polar surface area (TPSA) is 49.3 Å². The van der Waals surface area contributed by atoms with Crippen molar-refractivity contribution in [3.63, 3.8) is 0 Å². The molecule has 2 aromatic rings. The molecule has 5 nitrogen and oxygen atoms in total. The van der Waals surface area contributed by atoms with Crippen molar-refractivity contribution in [3.05, 3.63) is 52.7 Å². The fourth-order valence-corrected chi connectivity index (χ4v) is 3.97. The van der Waals surface area contributed by atoms with E-state index in [9.17, 15) is 9.18 Å². The van der Waals surface area contributed by atoms with Gasteiger partial charge in [-0.15, -0.1) is 11.6 Å². The molecule has 0 bridgehead atoms. The zero-order valence-corrected chi connectivity index (χ0v) is 19.0. The van der Waals surface area contributed by atoms with Gasteiger partial charge in [0.2, 0.25) is 5.91 Å². The van der Waals surface area contributed by atoms with Gasteiger partial charge in [0.25, 0.3) is 0 Å². The molecule has 1 amide bonds. The van der Waals surface area contributed by atoms with Gasteiger partial charge in [0.15, 0.2) is 0 Å². The molecule has 2 heterocycles. The number of nitrogens with zero attached hydrogens (tertiary/aromatic N) is 4. The van der Waals surface area contributed by atoms with Crippen molar-refractivity contribution in [2.45, 2.75) is 40.5 Å². The Bertz CT molecular complexity index is 918. The van der Waals surface area contributed by atoms with Gasteiger partial charge >= 0.3 is 0 Å². The van der Waals surface area contributed by atoms with Crippen molar-refractivity contribution in [2.24, 2.45) is 5.41 Å². The fraction of sp³-hybridized carbons (Fsp3) is 0.522. The van der Waals surface area contributed by atoms with E-state index in [1.165, 1.54) is 6.07 Å². The molecule has 7 heteroatoms. The summed E-state index contributed by atoms with van der Waals surface area (Å²) in [7, 11) is 0. The normalized spacial score (nSPS) is 15.3. The molecule has 30 heavy (non-hydrogen) atoms. The molecule has 1 aliphatic rings. The van der Waals surface area contributed by atoms with Crippen LogP contribution in [0, 0.1) is 25.1 Å².